The number of hydrogen-bond acceptors (Lipinski definition) is 14. The van der Waals surface area contributed by atoms with Crippen LogP contribution in [0.1, 0.15) is 101 Å². The van der Waals surface area contributed by atoms with Gasteiger partial charge in [-0.2, -0.15) is 0 Å². The van der Waals surface area contributed by atoms with Crippen molar-refractivity contribution in [1.82, 2.24) is 0 Å². The van der Waals surface area contributed by atoms with Gasteiger partial charge in [-0.1, -0.05) is 114 Å². The lowest BCUT2D eigenvalue weighted by Crippen LogP contribution is -2.61. The average molecular weight is 940 g/mol. The summed E-state index contributed by atoms with van der Waals surface area (Å²) in [4.78, 5) is 15.8. The van der Waals surface area contributed by atoms with Gasteiger partial charge in [0.1, 0.15) is 24.4 Å². The van der Waals surface area contributed by atoms with Gasteiger partial charge in [0.2, 0.25) is 0 Å². The molecule has 0 bridgehead atoms. The number of nitrogens with zero attached hydrogens (tertiary/aromatic N) is 3. The van der Waals surface area contributed by atoms with E-state index in [-0.39, 0.29) is 60.9 Å². The zero-order chi connectivity index (χ0) is 48.6. The molecule has 0 aromatic heterocycles. The molecule has 2 aromatic rings. The predicted octanol–water partition coefficient (Wildman–Crippen LogP) is 8.51. The van der Waals surface area contributed by atoms with Crippen molar-refractivity contribution in [2.24, 2.45) is 40.6 Å². The Morgan fingerprint density at radius 3 is 1.63 bits per heavy atom. The van der Waals surface area contributed by atoms with Crippen molar-refractivity contribution in [2.75, 3.05) is 13.2 Å². The summed E-state index contributed by atoms with van der Waals surface area (Å²) in [5.41, 5.74) is 10.9. The van der Waals surface area contributed by atoms with E-state index in [1.54, 1.807) is 0 Å². The molecule has 1 N–H and O–H groups in total. The molecule has 4 aliphatic rings. The molecule has 0 radical (unpaired) electrons. The van der Waals surface area contributed by atoms with Crippen LogP contribution in [-0.4, -0.2) is 116 Å². The summed E-state index contributed by atoms with van der Waals surface area (Å²) in [6, 6.07) is 19.3. The third-order valence-corrected chi connectivity index (χ3v) is 14.2. The van der Waals surface area contributed by atoms with E-state index in [1.165, 1.54) is 0 Å². The number of aliphatic hydroxyl groups is 1. The first kappa shape index (κ1) is 53.1. The van der Waals surface area contributed by atoms with Crippen LogP contribution in [0.5, 0.6) is 0 Å². The first-order chi connectivity index (χ1) is 31.9. The second kappa shape index (κ2) is 24.1. The van der Waals surface area contributed by atoms with Gasteiger partial charge in [0.15, 0.2) is 25.2 Å². The molecule has 16 nitrogen and oxygen atoms in total. The standard InChI is InChI=1S/C51H77N3O13/c1-13-38-42(64-49-33(7)44(58-26-37-22-18-15-19-23-37)46(35(9)61-49)66-50-41(53-54-52)29(3)28(2)39(24-55)63-50)30(4)31(5)48(62-38)65-45-34(8)60-47(59-27-40(56)67-51(10,11)12)32(6)43(45)57-25-36-20-16-14-17-21-36/h14-23,28-35,38-39,41-50,55H,13,24-27H2,1-12H3/t28-,29-,30+,31?,32?,33?,34?,35?,38?,39?,41?,42-,43-,44-,45+,46+,47+,48+,49-,50+/m0/s1. The van der Waals surface area contributed by atoms with Gasteiger partial charge in [-0.3, -0.25) is 0 Å². The van der Waals surface area contributed by atoms with Crippen molar-refractivity contribution in [3.63, 3.8) is 0 Å². The Kier molecular flexibility index (Phi) is 19.1. The van der Waals surface area contributed by atoms with Gasteiger partial charge in [0.05, 0.1) is 68.6 Å². The predicted molar refractivity (Wildman–Crippen MR) is 248 cm³/mol. The zero-order valence-corrected chi connectivity index (χ0v) is 41.5. The van der Waals surface area contributed by atoms with Crippen LogP contribution in [0.2, 0.25) is 0 Å². The Morgan fingerprint density at radius 1 is 0.612 bits per heavy atom. The molecule has 16 heteroatoms. The largest absolute Gasteiger partial charge is 0.458 e. The fourth-order valence-corrected chi connectivity index (χ4v) is 9.77. The molecule has 8 unspecified atom stereocenters. The fourth-order valence-electron chi connectivity index (χ4n) is 9.77. The molecule has 0 saturated carbocycles. The Balaban J connectivity index is 1.18. The summed E-state index contributed by atoms with van der Waals surface area (Å²) in [6.07, 6.45) is -6.79. The Bertz CT molecular complexity index is 1870. The van der Waals surface area contributed by atoms with Crippen molar-refractivity contribution in [3.8, 4) is 0 Å². The van der Waals surface area contributed by atoms with Gasteiger partial charge in [-0.05, 0) is 75.5 Å². The summed E-state index contributed by atoms with van der Waals surface area (Å²) >= 11 is 0. The molecule has 2 aromatic carbocycles. The number of carbonyl (C=O) groups excluding carboxylic acids is 1. The van der Waals surface area contributed by atoms with Crippen molar-refractivity contribution >= 4 is 5.97 Å². The monoisotopic (exact) mass is 940 g/mol. The maximum atomic E-state index is 12.6. The molecule has 0 amide bonds. The molecule has 4 aliphatic heterocycles. The topological polar surface area (TPSA) is 188 Å². The number of ether oxygens (including phenoxy) is 11. The van der Waals surface area contributed by atoms with E-state index in [9.17, 15) is 15.4 Å². The second-order valence-electron chi connectivity index (χ2n) is 20.2. The summed E-state index contributed by atoms with van der Waals surface area (Å²) in [6.45, 7) is 23.8. The van der Waals surface area contributed by atoms with Gasteiger partial charge in [-0.15, -0.1) is 0 Å². The van der Waals surface area contributed by atoms with Crippen LogP contribution in [0.3, 0.4) is 0 Å². The summed E-state index contributed by atoms with van der Waals surface area (Å²) in [5, 5.41) is 14.3. The lowest BCUT2D eigenvalue weighted by Gasteiger charge is -2.51. The highest BCUT2D eigenvalue weighted by Gasteiger charge is 2.53. The molecule has 4 heterocycles. The molecule has 4 fully saturated rings. The third kappa shape index (κ3) is 13.4. The van der Waals surface area contributed by atoms with Crippen molar-refractivity contribution in [1.29, 1.82) is 0 Å². The van der Waals surface area contributed by atoms with E-state index < -0.39 is 85.5 Å². The molecule has 20 atom stereocenters. The average Bonchev–Trinajstić information content (AvgIpc) is 3.30. The van der Waals surface area contributed by atoms with Crippen LogP contribution in [-0.2, 0) is 70.1 Å². The lowest BCUT2D eigenvalue weighted by molar-refractivity contribution is -0.365. The maximum Gasteiger partial charge on any atom is 0.332 e. The minimum absolute atomic E-state index is 0.0440. The van der Waals surface area contributed by atoms with Gasteiger partial charge >= 0.3 is 5.97 Å². The first-order valence-corrected chi connectivity index (χ1v) is 24.3. The van der Waals surface area contributed by atoms with Gasteiger partial charge < -0.3 is 57.2 Å². The maximum absolute atomic E-state index is 12.6. The van der Waals surface area contributed by atoms with Crippen LogP contribution in [0.25, 0.3) is 10.4 Å². The van der Waals surface area contributed by atoms with Gasteiger partial charge in [0.25, 0.3) is 0 Å². The molecular weight excluding hydrogens is 863 g/mol. The van der Waals surface area contributed by atoms with Crippen LogP contribution in [0, 0.1) is 35.5 Å². The quantitative estimate of drug-likeness (QED) is 0.0649. The number of azide groups is 1. The van der Waals surface area contributed by atoms with E-state index in [1.807, 2.05) is 123 Å². The van der Waals surface area contributed by atoms with E-state index >= 15 is 0 Å². The number of hydrogen-bond donors (Lipinski definition) is 1. The molecule has 4 saturated heterocycles. The number of aliphatic hydroxyl groups excluding tert-OH is 1. The minimum Gasteiger partial charge on any atom is -0.458 e. The van der Waals surface area contributed by atoms with Crippen LogP contribution >= 0.6 is 0 Å². The van der Waals surface area contributed by atoms with E-state index in [0.29, 0.717) is 19.6 Å². The van der Waals surface area contributed by atoms with Gasteiger partial charge in [0, 0.05) is 22.7 Å². The van der Waals surface area contributed by atoms with Crippen LogP contribution in [0.4, 0.5) is 0 Å². The minimum atomic E-state index is -0.934. The molecule has 374 valence electrons. The highest BCUT2D eigenvalue weighted by atomic mass is 16.8. The van der Waals surface area contributed by atoms with E-state index in [4.69, 9.17) is 52.1 Å². The van der Waals surface area contributed by atoms with Gasteiger partial charge in [-0.25, -0.2) is 4.79 Å². The smallest absolute Gasteiger partial charge is 0.332 e. The van der Waals surface area contributed by atoms with Crippen molar-refractivity contribution in [3.05, 3.63) is 82.2 Å². The van der Waals surface area contributed by atoms with Crippen LogP contribution < -0.4 is 0 Å². The molecule has 67 heavy (non-hydrogen) atoms. The third-order valence-electron chi connectivity index (χ3n) is 14.2. The molecule has 0 aliphatic carbocycles. The first-order valence-electron chi connectivity index (χ1n) is 24.3. The summed E-state index contributed by atoms with van der Waals surface area (Å²) < 4.78 is 72.1. The molecule has 0 spiro atoms. The fraction of sp³-hybridized carbons (Fsp3) is 0.745. The normalized spacial score (nSPS) is 39.3. The highest BCUT2D eigenvalue weighted by molar-refractivity contribution is 5.71. The van der Waals surface area contributed by atoms with Crippen molar-refractivity contribution in [2.45, 2.75) is 194 Å². The lowest BCUT2D eigenvalue weighted by atomic mass is 9.82. The highest BCUT2D eigenvalue weighted by Crippen LogP contribution is 2.42. The summed E-state index contributed by atoms with van der Waals surface area (Å²) in [7, 11) is 0. The summed E-state index contributed by atoms with van der Waals surface area (Å²) in [5.74, 6) is -1.49. The zero-order valence-electron chi connectivity index (χ0n) is 41.5. The number of esters is 1. The van der Waals surface area contributed by atoms with E-state index in [0.717, 1.165) is 11.1 Å². The Labute approximate surface area is 397 Å². The second-order valence-corrected chi connectivity index (χ2v) is 20.2. The van der Waals surface area contributed by atoms with E-state index in [2.05, 4.69) is 30.8 Å². The van der Waals surface area contributed by atoms with Crippen LogP contribution in [0.15, 0.2) is 65.8 Å². The molecule has 6 rings (SSSR count). The molecular formula is C51H77N3O13. The number of rotatable bonds is 18. The Morgan fingerprint density at radius 2 is 1.10 bits per heavy atom. The Hall–Kier alpha value is -3.22. The van der Waals surface area contributed by atoms with Crippen molar-refractivity contribution < 1.29 is 62.0 Å². The number of benzene rings is 2. The SMILES string of the molecule is CCC1O[C@H](O[C@@H]2C(C)O[C@@H](OCC(=O)OC(C)(C)C)C(C)[C@@H]2OCc2ccccc2)C(C)[C@@H](C)[C@@H]1O[C@@H]1OC(C)[C@@H](O[C@H]2OC(CO)[C@@H](C)[C@H](C)C2N=[N+]=[N-])[C@@H](OCc2ccccc2)C1C. The number of carbonyl (C=O) groups is 1.